The summed E-state index contributed by atoms with van der Waals surface area (Å²) >= 11 is 12.6. The van der Waals surface area contributed by atoms with Crippen LogP contribution in [0.1, 0.15) is 29.7 Å². The van der Waals surface area contributed by atoms with Crippen molar-refractivity contribution in [3.05, 3.63) is 98.7 Å². The third kappa shape index (κ3) is 4.90. The Hall–Kier alpha value is -4.08. The van der Waals surface area contributed by atoms with Crippen molar-refractivity contribution in [1.82, 2.24) is 20.2 Å². The summed E-state index contributed by atoms with van der Waals surface area (Å²) in [5.74, 6) is 1.11. The minimum atomic E-state index is -0.619. The number of allylic oxidation sites excluding steroid dienone is 1. The SMILES string of the molecule is COc1cc(C2C(C(=O)Nc3ccccc3C)=C(C)Nc3nnnn32)ccc1OCc1c(Cl)cccc1Cl. The number of aromatic nitrogens is 4. The number of carbonyl (C=O) groups is 1. The lowest BCUT2D eigenvalue weighted by Gasteiger charge is -2.28. The van der Waals surface area contributed by atoms with Gasteiger partial charge < -0.3 is 20.1 Å². The highest BCUT2D eigenvalue weighted by molar-refractivity contribution is 6.35. The van der Waals surface area contributed by atoms with Gasteiger partial charge in [-0.05, 0) is 65.7 Å². The van der Waals surface area contributed by atoms with Crippen molar-refractivity contribution in [2.75, 3.05) is 17.7 Å². The zero-order chi connectivity index (χ0) is 26.8. The molecule has 1 amide bonds. The van der Waals surface area contributed by atoms with Gasteiger partial charge in [-0.2, -0.15) is 4.68 Å². The van der Waals surface area contributed by atoms with Gasteiger partial charge in [0.25, 0.3) is 5.91 Å². The van der Waals surface area contributed by atoms with Crippen LogP contribution in [0, 0.1) is 6.92 Å². The number of hydrogen-bond acceptors (Lipinski definition) is 7. The van der Waals surface area contributed by atoms with Gasteiger partial charge in [0.15, 0.2) is 11.5 Å². The van der Waals surface area contributed by atoms with Crippen molar-refractivity contribution in [1.29, 1.82) is 0 Å². The molecular weight excluding hydrogens is 527 g/mol. The van der Waals surface area contributed by atoms with Crippen LogP contribution in [0.15, 0.2) is 71.9 Å². The van der Waals surface area contributed by atoms with Crippen molar-refractivity contribution in [3.63, 3.8) is 0 Å². The number of ether oxygens (including phenoxy) is 2. The van der Waals surface area contributed by atoms with Gasteiger partial charge in [-0.1, -0.05) is 58.6 Å². The standard InChI is InChI=1S/C27H24Cl2N6O3/c1-15-7-4-5-10-21(15)31-26(36)24-16(2)30-27-32-33-34-35(27)25(24)17-11-12-22(23(13-17)37-3)38-14-18-19(28)8-6-9-20(18)29/h4-13,25H,14H2,1-3H3,(H,31,36)(H,30,32,34). The number of para-hydroxylation sites is 1. The number of aryl methyl sites for hydroxylation is 1. The number of tetrazole rings is 1. The van der Waals surface area contributed by atoms with E-state index in [1.54, 1.807) is 42.1 Å². The number of halogens is 2. The van der Waals surface area contributed by atoms with Crippen LogP contribution in [-0.4, -0.2) is 33.2 Å². The van der Waals surface area contributed by atoms with E-state index in [2.05, 4.69) is 26.2 Å². The van der Waals surface area contributed by atoms with E-state index < -0.39 is 6.04 Å². The minimum Gasteiger partial charge on any atom is -0.493 e. The molecule has 2 heterocycles. The summed E-state index contributed by atoms with van der Waals surface area (Å²) < 4.78 is 13.2. The second kappa shape index (κ2) is 10.7. The zero-order valence-electron chi connectivity index (χ0n) is 20.8. The summed E-state index contributed by atoms with van der Waals surface area (Å²) in [5, 5.41) is 19.2. The van der Waals surface area contributed by atoms with Crippen molar-refractivity contribution in [2.24, 2.45) is 0 Å². The topological polar surface area (TPSA) is 103 Å². The van der Waals surface area contributed by atoms with Gasteiger partial charge in [-0.25, -0.2) is 0 Å². The maximum Gasteiger partial charge on any atom is 0.255 e. The molecule has 1 aliphatic heterocycles. The van der Waals surface area contributed by atoms with Gasteiger partial charge in [-0.3, -0.25) is 4.79 Å². The first-order valence-electron chi connectivity index (χ1n) is 11.7. The Kier molecular flexibility index (Phi) is 7.22. The Morgan fingerprint density at radius 3 is 2.55 bits per heavy atom. The van der Waals surface area contributed by atoms with Crippen LogP contribution in [-0.2, 0) is 11.4 Å². The van der Waals surface area contributed by atoms with Crippen LogP contribution in [0.2, 0.25) is 10.0 Å². The molecule has 1 aliphatic rings. The Bertz CT molecular complexity index is 1530. The number of rotatable bonds is 7. The second-order valence-corrected chi connectivity index (χ2v) is 9.50. The fourth-order valence-corrected chi connectivity index (χ4v) is 4.82. The molecule has 4 aromatic rings. The number of amides is 1. The van der Waals surface area contributed by atoms with Gasteiger partial charge >= 0.3 is 0 Å². The molecule has 1 aromatic heterocycles. The molecule has 9 nitrogen and oxygen atoms in total. The molecule has 1 atom stereocenters. The van der Waals surface area contributed by atoms with Gasteiger partial charge in [-0.15, -0.1) is 0 Å². The largest absolute Gasteiger partial charge is 0.493 e. The van der Waals surface area contributed by atoms with E-state index in [1.807, 2.05) is 44.2 Å². The summed E-state index contributed by atoms with van der Waals surface area (Å²) in [5.41, 5.74) is 4.17. The quantitative estimate of drug-likeness (QED) is 0.299. The van der Waals surface area contributed by atoms with Crippen molar-refractivity contribution in [2.45, 2.75) is 26.5 Å². The van der Waals surface area contributed by atoms with Gasteiger partial charge in [0.1, 0.15) is 12.6 Å². The number of methoxy groups -OCH3 is 1. The lowest BCUT2D eigenvalue weighted by molar-refractivity contribution is -0.113. The molecule has 0 bridgehead atoms. The van der Waals surface area contributed by atoms with Gasteiger partial charge in [0, 0.05) is 27.0 Å². The summed E-state index contributed by atoms with van der Waals surface area (Å²) in [6, 6.07) is 17.7. The molecule has 2 N–H and O–H groups in total. The van der Waals surface area contributed by atoms with E-state index in [0.29, 0.717) is 44.3 Å². The Morgan fingerprint density at radius 1 is 1.05 bits per heavy atom. The van der Waals surface area contributed by atoms with E-state index in [4.69, 9.17) is 32.7 Å². The third-order valence-corrected chi connectivity index (χ3v) is 7.00. The molecule has 0 radical (unpaired) electrons. The lowest BCUT2D eigenvalue weighted by atomic mass is 9.94. The van der Waals surface area contributed by atoms with Crippen LogP contribution in [0.25, 0.3) is 0 Å². The molecule has 1 unspecified atom stereocenters. The van der Waals surface area contributed by atoms with Crippen molar-refractivity contribution >= 4 is 40.7 Å². The number of benzene rings is 3. The van der Waals surface area contributed by atoms with Gasteiger partial charge in [0.05, 0.1) is 12.7 Å². The summed E-state index contributed by atoms with van der Waals surface area (Å²) in [6.45, 7) is 3.91. The molecule has 0 saturated carbocycles. The second-order valence-electron chi connectivity index (χ2n) is 8.68. The lowest BCUT2D eigenvalue weighted by Crippen LogP contribution is -2.31. The third-order valence-electron chi connectivity index (χ3n) is 6.29. The summed E-state index contributed by atoms with van der Waals surface area (Å²) in [4.78, 5) is 13.6. The number of nitrogens with one attached hydrogen (secondary N) is 2. The molecule has 0 aliphatic carbocycles. The first-order valence-corrected chi connectivity index (χ1v) is 12.5. The van der Waals surface area contributed by atoms with Crippen LogP contribution in [0.3, 0.4) is 0 Å². The highest BCUT2D eigenvalue weighted by Crippen LogP contribution is 2.39. The van der Waals surface area contributed by atoms with E-state index >= 15 is 0 Å². The Balaban J connectivity index is 1.49. The molecule has 194 valence electrons. The summed E-state index contributed by atoms with van der Waals surface area (Å²) in [7, 11) is 1.55. The van der Waals surface area contributed by atoms with Crippen LogP contribution < -0.4 is 20.1 Å². The predicted molar refractivity (Wildman–Crippen MR) is 146 cm³/mol. The van der Waals surface area contributed by atoms with E-state index in [0.717, 1.165) is 16.8 Å². The molecule has 0 saturated heterocycles. The van der Waals surface area contributed by atoms with Gasteiger partial charge in [0.2, 0.25) is 5.95 Å². The Morgan fingerprint density at radius 2 is 1.82 bits per heavy atom. The first kappa shape index (κ1) is 25.6. The number of carbonyl (C=O) groups excluding carboxylic acids is 1. The number of hydrogen-bond donors (Lipinski definition) is 2. The van der Waals surface area contributed by atoms with Crippen LogP contribution in [0.4, 0.5) is 11.6 Å². The number of fused-ring (bicyclic) bond motifs is 1. The average molecular weight is 551 g/mol. The zero-order valence-corrected chi connectivity index (χ0v) is 22.3. The van der Waals surface area contributed by atoms with Crippen LogP contribution in [0.5, 0.6) is 11.5 Å². The van der Waals surface area contributed by atoms with E-state index in [1.165, 1.54) is 0 Å². The molecule has 3 aromatic carbocycles. The Labute approximate surface area is 229 Å². The number of anilines is 2. The fraction of sp³-hybridized carbons (Fsp3) is 0.185. The molecular formula is C27H24Cl2N6O3. The van der Waals surface area contributed by atoms with Crippen LogP contribution >= 0.6 is 23.2 Å². The maximum absolute atomic E-state index is 13.6. The average Bonchev–Trinajstić information content (AvgIpc) is 3.37. The predicted octanol–water partition coefficient (Wildman–Crippen LogP) is 5.80. The molecule has 38 heavy (non-hydrogen) atoms. The normalized spacial score (nSPS) is 14.5. The molecule has 5 rings (SSSR count). The molecule has 0 spiro atoms. The monoisotopic (exact) mass is 550 g/mol. The van der Waals surface area contributed by atoms with Crippen molar-refractivity contribution in [3.8, 4) is 11.5 Å². The van der Waals surface area contributed by atoms with E-state index in [9.17, 15) is 4.79 Å². The fourth-order valence-electron chi connectivity index (χ4n) is 4.31. The first-order chi connectivity index (χ1) is 18.4. The van der Waals surface area contributed by atoms with Crippen molar-refractivity contribution < 1.29 is 14.3 Å². The number of nitrogens with zero attached hydrogens (tertiary/aromatic N) is 4. The van der Waals surface area contributed by atoms with E-state index in [-0.39, 0.29) is 12.5 Å². The maximum atomic E-state index is 13.6. The highest BCUT2D eigenvalue weighted by Gasteiger charge is 2.34. The smallest absolute Gasteiger partial charge is 0.255 e. The molecule has 11 heteroatoms. The molecule has 0 fully saturated rings. The highest BCUT2D eigenvalue weighted by atomic mass is 35.5. The minimum absolute atomic E-state index is 0.155. The summed E-state index contributed by atoms with van der Waals surface area (Å²) in [6.07, 6.45) is 0.